The predicted octanol–water partition coefficient (Wildman–Crippen LogP) is -12.0. The van der Waals surface area contributed by atoms with Crippen LogP contribution in [0.4, 0.5) is 0 Å². The van der Waals surface area contributed by atoms with Gasteiger partial charge in [-0.1, -0.05) is 0 Å². The third kappa shape index (κ3) is 81.0. The van der Waals surface area contributed by atoms with Crippen LogP contribution >= 0.6 is 0 Å². The number of carbonyl (C=O) groups excluding carboxylic acids is 4. The SMILES string of the molecule is O.O.O.O.O.O.O=C([O-])C(=O)[O-].O=C([O-])C(=O)[O-].[Pu]. The minimum Gasteiger partial charge on any atom is -0.543 e. The van der Waals surface area contributed by atoms with Gasteiger partial charge in [0.05, 0.1) is 23.9 Å². The summed E-state index contributed by atoms with van der Waals surface area (Å²) < 4.78 is 0. The molecule has 0 fully saturated rings. The third-order valence-corrected chi connectivity index (χ3v) is 0.333. The average molecular weight is 528 g/mol. The van der Waals surface area contributed by atoms with Gasteiger partial charge < -0.3 is 72.5 Å². The van der Waals surface area contributed by atoms with Crippen LogP contribution in [0.3, 0.4) is 0 Å². The third-order valence-electron chi connectivity index (χ3n) is 0.333. The van der Waals surface area contributed by atoms with E-state index in [1.54, 1.807) is 0 Å². The van der Waals surface area contributed by atoms with Gasteiger partial charge in [-0.05, 0) is 0 Å². The summed E-state index contributed by atoms with van der Waals surface area (Å²) >= 11 is 0. The second-order valence-corrected chi connectivity index (χ2v) is 1.15. The Morgan fingerprint density at radius 3 is 0.474 bits per heavy atom. The molecule has 0 spiro atoms. The van der Waals surface area contributed by atoms with Gasteiger partial charge in [-0.3, -0.25) is 0 Å². The largest absolute Gasteiger partial charge is 0.543 e. The second kappa shape index (κ2) is 36.0. The molecule has 0 aromatic carbocycles. The van der Waals surface area contributed by atoms with Gasteiger partial charge in [-0.25, -0.2) is 0 Å². The molecule has 0 aromatic heterocycles. The van der Waals surface area contributed by atoms with E-state index in [1.165, 1.54) is 0 Å². The number of carboxylic acid groups (broad SMARTS) is 4. The van der Waals surface area contributed by atoms with Crippen LogP contribution in [0.15, 0.2) is 0 Å². The van der Waals surface area contributed by atoms with Crippen molar-refractivity contribution in [2.24, 2.45) is 0 Å². The van der Waals surface area contributed by atoms with Gasteiger partial charge in [0.15, 0.2) is 0 Å². The monoisotopic (exact) mass is 522 g/mol. The van der Waals surface area contributed by atoms with Gasteiger partial charge in [0.25, 0.3) is 0 Å². The van der Waals surface area contributed by atoms with Crippen LogP contribution in [-0.2, 0) is 19.2 Å². The fourth-order valence-electron chi connectivity index (χ4n) is 0. The number of hydrogen-bond donors (Lipinski definition) is 0. The molecule has 0 aliphatic rings. The standard InChI is InChI=1S/2C2H2O4.6H2O.Pu/c2*3-1(4)2(5)6;;;;;;;/h2*(H,3,4)(H,5,6);6*1H2;/p-4. The van der Waals surface area contributed by atoms with Crippen LogP contribution in [0, 0.1) is 29.2 Å². The Morgan fingerprint density at radius 1 is 0.421 bits per heavy atom. The fraction of sp³-hybridized carbons (Fsp3) is 0. The Morgan fingerprint density at radius 2 is 0.474 bits per heavy atom. The molecule has 0 aromatic rings. The first-order chi connectivity index (χ1) is 5.29. The smallest absolute Gasteiger partial charge is 0.0870 e. The number of rotatable bonds is 0. The molecular weight excluding hydrogens is 516 g/mol. The van der Waals surface area contributed by atoms with Crippen LogP contribution in [-0.4, -0.2) is 56.7 Å². The summed E-state index contributed by atoms with van der Waals surface area (Å²) in [6.45, 7) is 0. The van der Waals surface area contributed by atoms with Crippen LogP contribution < -0.4 is 20.4 Å². The van der Waals surface area contributed by atoms with Crippen molar-refractivity contribution >= 4 is 23.9 Å². The van der Waals surface area contributed by atoms with Gasteiger partial charge in [-0.2, -0.15) is 0 Å². The van der Waals surface area contributed by atoms with E-state index in [4.69, 9.17) is 39.6 Å². The molecule has 0 aliphatic heterocycles. The molecule has 0 heterocycles. The maximum atomic E-state index is 8.93. The number of hydrogen-bond acceptors (Lipinski definition) is 8. The maximum Gasteiger partial charge on any atom is 0.0870 e. The molecule has 15 heteroatoms. The maximum absolute atomic E-state index is 8.93. The summed E-state index contributed by atoms with van der Waals surface area (Å²) in [4.78, 5) is 35.7. The number of carboxylic acids is 4. The Hall–Kier alpha value is -1.37. The minimum absolute atomic E-state index is 0. The first-order valence-corrected chi connectivity index (χ1v) is 2.13. The molecule has 0 bridgehead atoms. The Labute approximate surface area is 126 Å². The van der Waals surface area contributed by atoms with Crippen molar-refractivity contribution in [1.82, 2.24) is 0 Å². The molecule has 0 radical (unpaired) electrons. The van der Waals surface area contributed by atoms with E-state index in [0.717, 1.165) is 0 Å². The van der Waals surface area contributed by atoms with Crippen molar-refractivity contribution in [3.63, 3.8) is 0 Å². The molecule has 0 saturated heterocycles. The van der Waals surface area contributed by atoms with Crippen LogP contribution in [0.2, 0.25) is 0 Å². The Kier molecular flexibility index (Phi) is 124. The van der Waals surface area contributed by atoms with Crippen LogP contribution in [0.1, 0.15) is 0 Å². The summed E-state index contributed by atoms with van der Waals surface area (Å²) in [6.07, 6.45) is 0. The van der Waals surface area contributed by atoms with Gasteiger partial charge in [-0.15, -0.1) is 0 Å². The normalized spacial score (nSPS) is 4.63. The minimum atomic E-state index is -2.19. The van der Waals surface area contributed by atoms with Crippen LogP contribution in [0.25, 0.3) is 0 Å². The summed E-state index contributed by atoms with van der Waals surface area (Å²) in [5, 5.41) is 35.7. The molecule has 122 valence electrons. The van der Waals surface area contributed by atoms with E-state index in [1.807, 2.05) is 0 Å². The van der Waals surface area contributed by atoms with E-state index in [9.17, 15) is 0 Å². The molecular formula is C4H12O14Pu-4. The van der Waals surface area contributed by atoms with Gasteiger partial charge in [0.1, 0.15) is 0 Å². The summed E-state index contributed by atoms with van der Waals surface area (Å²) in [7, 11) is 0. The molecule has 0 saturated carbocycles. The summed E-state index contributed by atoms with van der Waals surface area (Å²) in [5.74, 6) is -8.74. The van der Waals surface area contributed by atoms with Crippen LogP contribution in [0.5, 0.6) is 0 Å². The van der Waals surface area contributed by atoms with Crippen molar-refractivity contribution in [3.8, 4) is 0 Å². The number of carbonyl (C=O) groups is 4. The topological polar surface area (TPSA) is 350 Å². The summed E-state index contributed by atoms with van der Waals surface area (Å²) in [6, 6.07) is 0. The average Bonchev–Trinajstić information content (AvgIpc) is 1.88. The zero-order valence-electron chi connectivity index (χ0n) is 8.67. The van der Waals surface area contributed by atoms with Crippen molar-refractivity contribution in [3.05, 3.63) is 0 Å². The molecule has 0 amide bonds. The molecule has 0 rings (SSSR count). The molecule has 0 atom stereocenters. The summed E-state index contributed by atoms with van der Waals surface area (Å²) in [5.41, 5.74) is 0. The molecule has 0 aliphatic carbocycles. The molecule has 0 unspecified atom stereocenters. The molecule has 19 heavy (non-hydrogen) atoms. The first kappa shape index (κ1) is 65.5. The zero-order valence-corrected chi connectivity index (χ0v) is 12.1. The van der Waals surface area contributed by atoms with E-state index in [-0.39, 0.29) is 62.0 Å². The van der Waals surface area contributed by atoms with E-state index in [2.05, 4.69) is 0 Å². The zero-order chi connectivity index (χ0) is 10.3. The molecule has 12 N–H and O–H groups in total. The predicted molar refractivity (Wildman–Crippen MR) is 41.7 cm³/mol. The fourth-order valence-corrected chi connectivity index (χ4v) is 0. The second-order valence-electron chi connectivity index (χ2n) is 1.15. The van der Waals surface area contributed by atoms with E-state index >= 15 is 0 Å². The van der Waals surface area contributed by atoms with Gasteiger partial charge in [0.2, 0.25) is 0 Å². The van der Waals surface area contributed by atoms with Crippen molar-refractivity contribution in [2.75, 3.05) is 0 Å². The first-order valence-electron chi connectivity index (χ1n) is 2.13. The molecule has 14 nitrogen and oxygen atoms in total. The van der Waals surface area contributed by atoms with E-state index in [0.29, 0.717) is 0 Å². The number of aliphatic carboxylic acids is 4. The Balaban J connectivity index is -0.0000000110. The quantitative estimate of drug-likeness (QED) is 0.271. The van der Waals surface area contributed by atoms with Crippen molar-refractivity contribution < 1.29 is 102 Å². The van der Waals surface area contributed by atoms with Crippen molar-refractivity contribution in [1.29, 1.82) is 0 Å². The van der Waals surface area contributed by atoms with Crippen molar-refractivity contribution in [2.45, 2.75) is 0 Å². The van der Waals surface area contributed by atoms with Gasteiger partial charge >= 0.3 is 0 Å². The van der Waals surface area contributed by atoms with Gasteiger partial charge in [0, 0.05) is 29.2 Å². The van der Waals surface area contributed by atoms with E-state index < -0.39 is 23.9 Å². The Bertz CT molecular complexity index is 175.